The molecule has 0 unspecified atom stereocenters. The topological polar surface area (TPSA) is 78.9 Å². The van der Waals surface area contributed by atoms with Crippen LogP contribution >= 0.6 is 0 Å². The molecule has 1 aromatic rings. The fourth-order valence-electron chi connectivity index (χ4n) is 0.560. The Kier molecular flexibility index (Phi) is 1.64. The van der Waals surface area contributed by atoms with Crippen molar-refractivity contribution in [1.82, 2.24) is 15.4 Å². The summed E-state index contributed by atoms with van der Waals surface area (Å²) in [5.41, 5.74) is -0.711. The first-order valence-corrected chi connectivity index (χ1v) is 3.07. The lowest BCUT2D eigenvalue weighted by Gasteiger charge is -2.13. The summed E-state index contributed by atoms with van der Waals surface area (Å²) in [5.74, 6) is -0.942. The summed E-state index contributed by atoms with van der Waals surface area (Å²) in [7, 11) is 0. The van der Waals surface area contributed by atoms with Crippen LogP contribution in [0.25, 0.3) is 0 Å². The maximum absolute atomic E-state index is 10.6. The number of H-pyrrole nitrogens is 1. The van der Waals surface area contributed by atoms with Gasteiger partial charge in [-0.2, -0.15) is 0 Å². The summed E-state index contributed by atoms with van der Waals surface area (Å²) in [6.45, 7) is 3.09. The van der Waals surface area contributed by atoms with E-state index < -0.39 is 11.4 Å². The molecule has 0 bridgehead atoms. The number of hydrogen-bond donors (Lipinski definition) is 2. The van der Waals surface area contributed by atoms with Gasteiger partial charge in [0.05, 0.1) is 0 Å². The number of carboxylic acid groups (broad SMARTS) is 1. The predicted molar refractivity (Wildman–Crippen MR) is 35.9 cm³/mol. The molecule has 5 nitrogen and oxygen atoms in total. The van der Waals surface area contributed by atoms with E-state index in [0.717, 1.165) is 0 Å². The minimum atomic E-state index is -1.02. The highest BCUT2D eigenvalue weighted by Gasteiger charge is 2.32. The highest BCUT2D eigenvalue weighted by atomic mass is 16.4. The predicted octanol–water partition coefficient (Wildman–Crippen LogP) is -0.0329. The highest BCUT2D eigenvalue weighted by Crippen LogP contribution is 2.18. The van der Waals surface area contributed by atoms with Crippen molar-refractivity contribution in [1.29, 1.82) is 0 Å². The number of carboxylic acids is 1. The standard InChI is InChI=1S/C6H8N3O2/c1-6(2,5(10)11)4-3-7-9-8-4/h1-2H3,(H,10,11)(H,7,8,9). The molecule has 0 spiro atoms. The van der Waals surface area contributed by atoms with Crippen molar-refractivity contribution in [2.75, 3.05) is 0 Å². The van der Waals surface area contributed by atoms with Gasteiger partial charge in [-0.1, -0.05) is 5.21 Å². The Bertz CT molecular complexity index is 253. The van der Waals surface area contributed by atoms with Crippen LogP contribution in [-0.4, -0.2) is 26.5 Å². The number of carbonyl (C=O) groups is 1. The monoisotopic (exact) mass is 154 g/mol. The first-order valence-electron chi connectivity index (χ1n) is 3.07. The molecule has 1 rings (SSSR count). The largest absolute Gasteiger partial charge is 0.481 e. The van der Waals surface area contributed by atoms with Crippen LogP contribution in [0.1, 0.15) is 19.5 Å². The molecule has 1 aromatic heterocycles. The molecule has 0 fully saturated rings. The van der Waals surface area contributed by atoms with E-state index in [1.54, 1.807) is 13.8 Å². The highest BCUT2D eigenvalue weighted by molar-refractivity contribution is 5.79. The van der Waals surface area contributed by atoms with Gasteiger partial charge in [0.1, 0.15) is 17.3 Å². The van der Waals surface area contributed by atoms with Crippen LogP contribution in [0.2, 0.25) is 0 Å². The molecule has 11 heavy (non-hydrogen) atoms. The Hall–Kier alpha value is -1.39. The minimum Gasteiger partial charge on any atom is -0.481 e. The molecule has 59 valence electrons. The second kappa shape index (κ2) is 2.34. The van der Waals surface area contributed by atoms with E-state index in [0.29, 0.717) is 5.69 Å². The molecule has 0 saturated carbocycles. The molecule has 0 aromatic carbocycles. The molecular weight excluding hydrogens is 146 g/mol. The van der Waals surface area contributed by atoms with Gasteiger partial charge in [0.25, 0.3) is 0 Å². The fraction of sp³-hybridized carbons (Fsp3) is 0.500. The quantitative estimate of drug-likeness (QED) is 0.626. The van der Waals surface area contributed by atoms with Crippen LogP contribution in [0.3, 0.4) is 0 Å². The van der Waals surface area contributed by atoms with Gasteiger partial charge in [0.2, 0.25) is 0 Å². The lowest BCUT2D eigenvalue weighted by Crippen LogP contribution is -2.29. The third-order valence-corrected chi connectivity index (χ3v) is 1.50. The Labute approximate surface area is 63.4 Å². The average Bonchev–Trinajstić information content (AvgIpc) is 2.37. The lowest BCUT2D eigenvalue weighted by atomic mass is 9.90. The summed E-state index contributed by atoms with van der Waals surface area (Å²) in [6, 6.07) is 0. The van der Waals surface area contributed by atoms with Crippen molar-refractivity contribution in [3.8, 4) is 0 Å². The second-order valence-electron chi connectivity index (χ2n) is 2.72. The number of rotatable bonds is 2. The second-order valence-corrected chi connectivity index (χ2v) is 2.72. The number of aromatic nitrogens is 3. The summed E-state index contributed by atoms with van der Waals surface area (Å²) in [5, 5.41) is 18.0. The van der Waals surface area contributed by atoms with E-state index >= 15 is 0 Å². The lowest BCUT2D eigenvalue weighted by molar-refractivity contribution is -0.142. The fourth-order valence-corrected chi connectivity index (χ4v) is 0.560. The Morgan fingerprint density at radius 2 is 2.36 bits per heavy atom. The van der Waals surface area contributed by atoms with Gasteiger partial charge in [0.15, 0.2) is 0 Å². The van der Waals surface area contributed by atoms with Gasteiger partial charge in [-0.25, -0.2) is 0 Å². The first-order chi connectivity index (χ1) is 5.05. The van der Waals surface area contributed by atoms with Crippen LogP contribution in [0.15, 0.2) is 0 Å². The van der Waals surface area contributed by atoms with Crippen molar-refractivity contribution in [2.24, 2.45) is 0 Å². The molecule has 5 heteroatoms. The van der Waals surface area contributed by atoms with Gasteiger partial charge in [-0.15, -0.1) is 5.10 Å². The number of hydrogen-bond acceptors (Lipinski definition) is 3. The summed E-state index contributed by atoms with van der Waals surface area (Å²) >= 11 is 0. The van der Waals surface area contributed by atoms with Gasteiger partial charge >= 0.3 is 5.97 Å². The van der Waals surface area contributed by atoms with E-state index in [1.165, 1.54) is 0 Å². The zero-order valence-corrected chi connectivity index (χ0v) is 6.25. The summed E-state index contributed by atoms with van der Waals surface area (Å²) in [4.78, 5) is 10.6. The number of nitrogens with zero attached hydrogens (tertiary/aromatic N) is 2. The molecule has 2 N–H and O–H groups in total. The smallest absolute Gasteiger partial charge is 0.315 e. The van der Waals surface area contributed by atoms with Crippen molar-refractivity contribution < 1.29 is 9.90 Å². The van der Waals surface area contributed by atoms with Crippen molar-refractivity contribution in [3.63, 3.8) is 0 Å². The van der Waals surface area contributed by atoms with Gasteiger partial charge in [-0.3, -0.25) is 9.89 Å². The molecule has 1 heterocycles. The summed E-state index contributed by atoms with van der Waals surface area (Å²) < 4.78 is 0. The normalized spacial score (nSPS) is 11.5. The van der Waals surface area contributed by atoms with E-state index in [4.69, 9.17) is 5.11 Å². The maximum Gasteiger partial charge on any atom is 0.315 e. The van der Waals surface area contributed by atoms with E-state index in [-0.39, 0.29) is 0 Å². The third kappa shape index (κ3) is 1.21. The van der Waals surface area contributed by atoms with Crippen LogP contribution < -0.4 is 0 Å². The number of nitrogens with one attached hydrogen (secondary N) is 1. The SMILES string of the molecule is CC(C)(C(=O)O)c1[c][nH]nn1. The third-order valence-electron chi connectivity index (χ3n) is 1.50. The van der Waals surface area contributed by atoms with Gasteiger partial charge in [-0.05, 0) is 13.8 Å². The zero-order valence-electron chi connectivity index (χ0n) is 6.25. The van der Waals surface area contributed by atoms with Crippen LogP contribution in [0.4, 0.5) is 0 Å². The molecule has 1 radical (unpaired) electrons. The molecule has 0 aliphatic rings. The number of aromatic amines is 1. The van der Waals surface area contributed by atoms with Gasteiger partial charge in [0, 0.05) is 0 Å². The zero-order chi connectivity index (χ0) is 8.48. The Morgan fingerprint density at radius 1 is 1.73 bits per heavy atom. The van der Waals surface area contributed by atoms with Gasteiger partial charge < -0.3 is 5.11 Å². The molecular formula is C6H8N3O2. The Morgan fingerprint density at radius 3 is 2.73 bits per heavy atom. The molecule has 0 saturated heterocycles. The molecule has 0 atom stereocenters. The Balaban J connectivity index is 3.00. The average molecular weight is 154 g/mol. The summed E-state index contributed by atoms with van der Waals surface area (Å²) in [6.07, 6.45) is 2.53. The van der Waals surface area contributed by atoms with E-state index in [2.05, 4.69) is 21.6 Å². The van der Waals surface area contributed by atoms with E-state index in [9.17, 15) is 4.79 Å². The molecule has 0 aliphatic carbocycles. The van der Waals surface area contributed by atoms with E-state index in [1.807, 2.05) is 0 Å². The maximum atomic E-state index is 10.6. The molecule has 0 aliphatic heterocycles. The van der Waals surface area contributed by atoms with Crippen LogP contribution in [0.5, 0.6) is 0 Å². The molecule has 0 amide bonds. The van der Waals surface area contributed by atoms with Crippen molar-refractivity contribution in [2.45, 2.75) is 19.3 Å². The van der Waals surface area contributed by atoms with Crippen LogP contribution in [-0.2, 0) is 10.2 Å². The number of aliphatic carboxylic acids is 1. The van der Waals surface area contributed by atoms with Crippen molar-refractivity contribution in [3.05, 3.63) is 11.9 Å². The first kappa shape index (κ1) is 7.71. The van der Waals surface area contributed by atoms with Crippen molar-refractivity contribution >= 4 is 5.97 Å². The van der Waals surface area contributed by atoms with Crippen LogP contribution in [0, 0.1) is 6.20 Å². The minimum absolute atomic E-state index is 0.310.